The van der Waals surface area contributed by atoms with E-state index >= 15 is 0 Å². The number of unbranched alkanes of at least 4 members (excludes halogenated alkanes) is 2. The number of rotatable bonds is 5. The number of fused-ring (bicyclic) bond motifs is 1. The van der Waals surface area contributed by atoms with E-state index in [4.69, 9.17) is 6.42 Å². The highest BCUT2D eigenvalue weighted by molar-refractivity contribution is 5.99. The van der Waals surface area contributed by atoms with Crippen LogP contribution in [0.25, 0.3) is 10.9 Å². The van der Waals surface area contributed by atoms with E-state index in [2.05, 4.69) is 21.4 Å². The van der Waals surface area contributed by atoms with Gasteiger partial charge in [-0.2, -0.15) is 5.10 Å². The van der Waals surface area contributed by atoms with Crippen LogP contribution in [0.4, 0.5) is 5.82 Å². The topological polar surface area (TPSA) is 57.8 Å². The molecule has 92 valence electrons. The number of hydrogen-bond donors (Lipinski definition) is 2. The van der Waals surface area contributed by atoms with Gasteiger partial charge >= 0.3 is 0 Å². The van der Waals surface area contributed by atoms with E-state index in [1.165, 1.54) is 0 Å². The molecule has 1 aromatic heterocycles. The van der Waals surface area contributed by atoms with E-state index in [0.717, 1.165) is 30.2 Å². The van der Waals surface area contributed by atoms with Crippen LogP contribution in [0, 0.1) is 12.3 Å². The Kier molecular flexibility index (Phi) is 3.98. The number of H-pyrrole nitrogens is 1. The fraction of sp³-hybridized carbons (Fsp3) is 0.286. The molecule has 1 aromatic carbocycles. The molecule has 0 aliphatic rings. The van der Waals surface area contributed by atoms with Crippen LogP contribution in [0.2, 0.25) is 0 Å². The van der Waals surface area contributed by atoms with E-state index in [1.54, 1.807) is 0 Å². The molecule has 18 heavy (non-hydrogen) atoms. The molecular weight excluding hydrogens is 226 g/mol. The zero-order chi connectivity index (χ0) is 12.8. The summed E-state index contributed by atoms with van der Waals surface area (Å²) in [4.78, 5) is 11.7. The zero-order valence-corrected chi connectivity index (χ0v) is 10.1. The standard InChI is InChI=1S/C14H15N3O/c1-2-3-4-5-10-13(18)15-14-11-8-6-7-9-12(11)16-17-14/h1,6-9H,3-5,10H2,(H2,15,16,17,18). The van der Waals surface area contributed by atoms with Crippen LogP contribution in [0.1, 0.15) is 25.7 Å². The Balaban J connectivity index is 1.93. The van der Waals surface area contributed by atoms with E-state index in [-0.39, 0.29) is 5.91 Å². The Labute approximate surface area is 106 Å². The molecule has 0 saturated heterocycles. The average molecular weight is 241 g/mol. The normalized spacial score (nSPS) is 10.2. The lowest BCUT2D eigenvalue weighted by Crippen LogP contribution is -2.11. The number of para-hydroxylation sites is 1. The molecule has 4 nitrogen and oxygen atoms in total. The minimum absolute atomic E-state index is 0.0238. The van der Waals surface area contributed by atoms with Crippen LogP contribution < -0.4 is 5.32 Å². The molecule has 0 fully saturated rings. The van der Waals surface area contributed by atoms with Crippen molar-refractivity contribution in [3.8, 4) is 12.3 Å². The monoisotopic (exact) mass is 241 g/mol. The second-order valence-corrected chi connectivity index (χ2v) is 4.08. The van der Waals surface area contributed by atoms with Crippen LogP contribution in [-0.4, -0.2) is 16.1 Å². The summed E-state index contributed by atoms with van der Waals surface area (Å²) in [5.74, 6) is 3.13. The van der Waals surface area contributed by atoms with Gasteiger partial charge in [-0.15, -0.1) is 12.3 Å². The molecule has 0 bridgehead atoms. The lowest BCUT2D eigenvalue weighted by atomic mass is 10.2. The second kappa shape index (κ2) is 5.87. The van der Waals surface area contributed by atoms with Crippen molar-refractivity contribution in [2.24, 2.45) is 0 Å². The van der Waals surface area contributed by atoms with Gasteiger partial charge in [0.2, 0.25) is 5.91 Å². The van der Waals surface area contributed by atoms with Crippen LogP contribution in [-0.2, 0) is 4.79 Å². The van der Waals surface area contributed by atoms with Crippen molar-refractivity contribution < 1.29 is 4.79 Å². The molecule has 0 unspecified atom stereocenters. The van der Waals surface area contributed by atoms with Gasteiger partial charge in [0.05, 0.1) is 5.52 Å². The van der Waals surface area contributed by atoms with Crippen LogP contribution in [0.15, 0.2) is 24.3 Å². The van der Waals surface area contributed by atoms with Gasteiger partial charge in [0.1, 0.15) is 0 Å². The third kappa shape index (κ3) is 2.89. The summed E-state index contributed by atoms with van der Waals surface area (Å²) in [5, 5.41) is 10.7. The van der Waals surface area contributed by atoms with E-state index in [1.807, 2.05) is 24.3 Å². The average Bonchev–Trinajstić information content (AvgIpc) is 2.78. The van der Waals surface area contributed by atoms with Crippen LogP contribution in [0.3, 0.4) is 0 Å². The van der Waals surface area contributed by atoms with Crippen molar-refractivity contribution in [1.29, 1.82) is 0 Å². The molecule has 2 N–H and O–H groups in total. The first-order valence-corrected chi connectivity index (χ1v) is 5.97. The van der Waals surface area contributed by atoms with Gasteiger partial charge in [0.25, 0.3) is 0 Å². The summed E-state index contributed by atoms with van der Waals surface area (Å²) in [6.07, 6.45) is 8.03. The Morgan fingerprint density at radius 3 is 3.06 bits per heavy atom. The Hall–Kier alpha value is -2.28. The maximum absolute atomic E-state index is 11.7. The quantitative estimate of drug-likeness (QED) is 0.624. The van der Waals surface area contributed by atoms with Crippen molar-refractivity contribution >= 4 is 22.6 Å². The van der Waals surface area contributed by atoms with E-state index in [9.17, 15) is 4.79 Å². The van der Waals surface area contributed by atoms with Gasteiger partial charge < -0.3 is 5.32 Å². The number of carbonyl (C=O) groups is 1. The van der Waals surface area contributed by atoms with Crippen molar-refractivity contribution in [3.05, 3.63) is 24.3 Å². The van der Waals surface area contributed by atoms with Crippen molar-refractivity contribution in [1.82, 2.24) is 10.2 Å². The Bertz CT molecular complexity index is 580. The molecule has 0 saturated carbocycles. The van der Waals surface area contributed by atoms with Gasteiger partial charge in [-0.3, -0.25) is 9.89 Å². The molecule has 2 rings (SSSR count). The number of aromatic amines is 1. The molecule has 0 aliphatic heterocycles. The summed E-state index contributed by atoms with van der Waals surface area (Å²) in [6, 6.07) is 7.68. The summed E-state index contributed by atoms with van der Waals surface area (Å²) < 4.78 is 0. The maximum Gasteiger partial charge on any atom is 0.225 e. The zero-order valence-electron chi connectivity index (χ0n) is 10.1. The first kappa shape index (κ1) is 12.2. The smallest absolute Gasteiger partial charge is 0.225 e. The van der Waals surface area contributed by atoms with Crippen molar-refractivity contribution in [3.63, 3.8) is 0 Å². The molecular formula is C14H15N3O. The fourth-order valence-corrected chi connectivity index (χ4v) is 1.77. The Morgan fingerprint density at radius 2 is 2.22 bits per heavy atom. The minimum Gasteiger partial charge on any atom is -0.309 e. The Morgan fingerprint density at radius 1 is 1.39 bits per heavy atom. The number of aromatic nitrogens is 2. The minimum atomic E-state index is -0.0238. The summed E-state index contributed by atoms with van der Waals surface area (Å²) in [6.45, 7) is 0. The third-order valence-corrected chi connectivity index (χ3v) is 2.70. The number of carbonyl (C=O) groups excluding carboxylic acids is 1. The SMILES string of the molecule is C#CCCCCC(=O)Nc1n[nH]c2ccccc12. The van der Waals surface area contributed by atoms with Gasteiger partial charge in [-0.05, 0) is 25.0 Å². The first-order valence-electron chi connectivity index (χ1n) is 5.97. The fourth-order valence-electron chi connectivity index (χ4n) is 1.77. The lowest BCUT2D eigenvalue weighted by Gasteiger charge is -2.01. The summed E-state index contributed by atoms with van der Waals surface area (Å²) >= 11 is 0. The lowest BCUT2D eigenvalue weighted by molar-refractivity contribution is -0.116. The van der Waals surface area contributed by atoms with E-state index in [0.29, 0.717) is 12.2 Å². The van der Waals surface area contributed by atoms with Gasteiger partial charge in [0.15, 0.2) is 5.82 Å². The number of terminal acetylenes is 1. The molecule has 0 spiro atoms. The number of hydrogen-bond acceptors (Lipinski definition) is 2. The molecule has 1 amide bonds. The highest BCUT2D eigenvalue weighted by Gasteiger charge is 2.08. The number of anilines is 1. The molecule has 0 aliphatic carbocycles. The summed E-state index contributed by atoms with van der Waals surface area (Å²) in [5.41, 5.74) is 0.917. The number of amides is 1. The van der Waals surface area contributed by atoms with E-state index < -0.39 is 0 Å². The number of nitrogens with one attached hydrogen (secondary N) is 2. The second-order valence-electron chi connectivity index (χ2n) is 4.08. The largest absolute Gasteiger partial charge is 0.309 e. The van der Waals surface area contributed by atoms with Crippen LogP contribution in [0.5, 0.6) is 0 Å². The highest BCUT2D eigenvalue weighted by atomic mass is 16.1. The van der Waals surface area contributed by atoms with Crippen molar-refractivity contribution in [2.75, 3.05) is 5.32 Å². The maximum atomic E-state index is 11.7. The van der Waals surface area contributed by atoms with Gasteiger partial charge in [0, 0.05) is 18.2 Å². The van der Waals surface area contributed by atoms with Gasteiger partial charge in [-0.25, -0.2) is 0 Å². The third-order valence-electron chi connectivity index (χ3n) is 2.70. The molecule has 1 heterocycles. The predicted octanol–water partition coefficient (Wildman–Crippen LogP) is 2.70. The number of benzene rings is 1. The number of nitrogens with zero attached hydrogens (tertiary/aromatic N) is 1. The molecule has 2 aromatic rings. The predicted molar refractivity (Wildman–Crippen MR) is 72.0 cm³/mol. The molecule has 0 radical (unpaired) electrons. The first-order chi connectivity index (χ1) is 8.81. The highest BCUT2D eigenvalue weighted by Crippen LogP contribution is 2.19. The van der Waals surface area contributed by atoms with Crippen LogP contribution >= 0.6 is 0 Å². The van der Waals surface area contributed by atoms with Crippen molar-refractivity contribution in [2.45, 2.75) is 25.7 Å². The summed E-state index contributed by atoms with van der Waals surface area (Å²) in [7, 11) is 0. The van der Waals surface area contributed by atoms with Gasteiger partial charge in [-0.1, -0.05) is 12.1 Å². The molecule has 0 atom stereocenters. The molecule has 4 heteroatoms.